The van der Waals surface area contributed by atoms with Crippen molar-refractivity contribution in [2.45, 2.75) is 56.3 Å². The lowest BCUT2D eigenvalue weighted by atomic mass is 10.1. The molecule has 5 nitrogen and oxygen atoms in total. The lowest BCUT2D eigenvalue weighted by Crippen LogP contribution is -2.37. The van der Waals surface area contributed by atoms with Gasteiger partial charge in [-0.05, 0) is 20.8 Å². The highest BCUT2D eigenvalue weighted by molar-refractivity contribution is 8.14. The van der Waals surface area contributed by atoms with Gasteiger partial charge in [-0.3, -0.25) is 4.99 Å². The monoisotopic (exact) mass is 259 g/mol. The van der Waals surface area contributed by atoms with Crippen molar-refractivity contribution in [2.75, 3.05) is 6.61 Å². The molecule has 0 radical (unpaired) electrons. The van der Waals surface area contributed by atoms with E-state index in [0.717, 1.165) is 5.04 Å². The maximum absolute atomic E-state index is 9.84. The number of hydrogen-bond acceptors (Lipinski definition) is 6. The fraction of sp³-hybridized carbons (Fsp3) is 0.909. The van der Waals surface area contributed by atoms with E-state index in [2.05, 4.69) is 4.99 Å². The minimum Gasteiger partial charge on any atom is -0.366 e. The topological polar surface area (TPSA) is 60.3 Å². The highest BCUT2D eigenvalue weighted by atomic mass is 32.2. The van der Waals surface area contributed by atoms with Gasteiger partial charge >= 0.3 is 0 Å². The summed E-state index contributed by atoms with van der Waals surface area (Å²) < 4.78 is 16.9. The summed E-state index contributed by atoms with van der Waals surface area (Å²) in [5.41, 5.74) is 0. The Balaban J connectivity index is 1.74. The average Bonchev–Trinajstić information content (AvgIpc) is 2.84. The molecule has 2 fully saturated rings. The van der Waals surface area contributed by atoms with Gasteiger partial charge in [-0.15, -0.1) is 11.8 Å². The third-order valence-corrected chi connectivity index (χ3v) is 4.55. The number of hydrogen-bond donors (Lipinski definition) is 1. The summed E-state index contributed by atoms with van der Waals surface area (Å²) in [6, 6.07) is -0.155. The first-order chi connectivity index (χ1) is 7.96. The molecule has 0 aliphatic carbocycles. The van der Waals surface area contributed by atoms with E-state index in [1.807, 2.05) is 20.8 Å². The number of thioether (sulfide) groups is 1. The standard InChI is InChI=1S/C11H17NO4S/c1-5-12-7-9(17-5)8(15-10(7)13)6-4-14-11(2,3)16-6/h6-10,13H,4H2,1-3H3/t6-,7+,8-,9-,10+/m1/s1. The molecule has 2 saturated heterocycles. The van der Waals surface area contributed by atoms with Crippen LogP contribution >= 0.6 is 11.8 Å². The SMILES string of the molecule is CC1=N[C@H]2[C@@H](S1)[C@@H]([C@H]1COC(C)(C)O1)O[C@@H]2O. The molecule has 3 rings (SSSR count). The van der Waals surface area contributed by atoms with Crippen molar-refractivity contribution in [2.24, 2.45) is 4.99 Å². The van der Waals surface area contributed by atoms with Gasteiger partial charge in [0.15, 0.2) is 12.1 Å². The zero-order chi connectivity index (χ0) is 12.2. The summed E-state index contributed by atoms with van der Waals surface area (Å²) >= 11 is 1.66. The summed E-state index contributed by atoms with van der Waals surface area (Å²) in [7, 11) is 0. The van der Waals surface area contributed by atoms with Crippen molar-refractivity contribution >= 4 is 16.8 Å². The Morgan fingerprint density at radius 3 is 2.88 bits per heavy atom. The van der Waals surface area contributed by atoms with Crippen molar-refractivity contribution in [1.29, 1.82) is 0 Å². The van der Waals surface area contributed by atoms with Crippen LogP contribution in [-0.4, -0.2) is 52.3 Å². The van der Waals surface area contributed by atoms with E-state index in [9.17, 15) is 5.11 Å². The highest BCUT2D eigenvalue weighted by Gasteiger charge is 2.53. The van der Waals surface area contributed by atoms with Gasteiger partial charge in [-0.2, -0.15) is 0 Å². The van der Waals surface area contributed by atoms with Gasteiger partial charge < -0.3 is 19.3 Å². The normalized spacial score (nSPS) is 48.2. The van der Waals surface area contributed by atoms with Crippen LogP contribution in [-0.2, 0) is 14.2 Å². The molecule has 5 atom stereocenters. The van der Waals surface area contributed by atoms with E-state index in [0.29, 0.717) is 6.61 Å². The first-order valence-corrected chi connectivity index (χ1v) is 6.71. The van der Waals surface area contributed by atoms with Crippen LogP contribution in [0.4, 0.5) is 0 Å². The lowest BCUT2D eigenvalue weighted by molar-refractivity contribution is -0.169. The number of nitrogens with zero attached hydrogens (tertiary/aromatic N) is 1. The number of aliphatic hydroxyl groups is 1. The van der Waals surface area contributed by atoms with Crippen LogP contribution in [0.2, 0.25) is 0 Å². The van der Waals surface area contributed by atoms with Crippen LogP contribution < -0.4 is 0 Å². The maximum Gasteiger partial charge on any atom is 0.178 e. The number of aliphatic imine (C=N–C) groups is 1. The molecule has 0 spiro atoms. The minimum atomic E-state index is -0.817. The summed E-state index contributed by atoms with van der Waals surface area (Å²) in [6.45, 7) is 6.24. The molecule has 0 unspecified atom stereocenters. The van der Waals surface area contributed by atoms with Gasteiger partial charge in [-0.25, -0.2) is 0 Å². The van der Waals surface area contributed by atoms with Crippen LogP contribution in [0.15, 0.2) is 4.99 Å². The molecule has 17 heavy (non-hydrogen) atoms. The fourth-order valence-corrected chi connectivity index (χ4v) is 3.85. The number of fused-ring (bicyclic) bond motifs is 1. The third-order valence-electron chi connectivity index (χ3n) is 3.28. The van der Waals surface area contributed by atoms with E-state index in [1.54, 1.807) is 11.8 Å². The van der Waals surface area contributed by atoms with E-state index in [4.69, 9.17) is 14.2 Å². The second-order valence-corrected chi connectivity index (χ2v) is 6.45. The predicted molar refractivity (Wildman–Crippen MR) is 64.1 cm³/mol. The fourth-order valence-electron chi connectivity index (χ4n) is 2.56. The van der Waals surface area contributed by atoms with Crippen LogP contribution in [0.25, 0.3) is 0 Å². The van der Waals surface area contributed by atoms with Crippen LogP contribution in [0, 0.1) is 0 Å². The molecular formula is C11H17NO4S. The Hall–Kier alpha value is -0.140. The van der Waals surface area contributed by atoms with Crippen LogP contribution in [0.1, 0.15) is 20.8 Å². The van der Waals surface area contributed by atoms with Crippen molar-refractivity contribution in [3.8, 4) is 0 Å². The largest absolute Gasteiger partial charge is 0.366 e. The Kier molecular flexibility index (Phi) is 2.75. The van der Waals surface area contributed by atoms with E-state index in [-0.39, 0.29) is 23.5 Å². The molecule has 3 heterocycles. The molecule has 6 heteroatoms. The molecule has 0 amide bonds. The minimum absolute atomic E-state index is 0.122. The molecule has 3 aliphatic rings. The summed E-state index contributed by atoms with van der Waals surface area (Å²) in [5.74, 6) is -0.559. The Bertz CT molecular complexity index is 359. The van der Waals surface area contributed by atoms with Gasteiger partial charge in [0.05, 0.1) is 16.9 Å². The molecule has 3 aliphatic heterocycles. The number of rotatable bonds is 1. The number of aliphatic hydroxyl groups excluding tert-OH is 1. The van der Waals surface area contributed by atoms with Crippen molar-refractivity contribution in [3.63, 3.8) is 0 Å². The van der Waals surface area contributed by atoms with Crippen LogP contribution in [0.3, 0.4) is 0 Å². The molecule has 96 valence electrons. The summed E-state index contributed by atoms with van der Waals surface area (Å²) in [5, 5.41) is 11.0. The third kappa shape index (κ3) is 2.02. The zero-order valence-corrected chi connectivity index (χ0v) is 10.9. The Morgan fingerprint density at radius 1 is 1.47 bits per heavy atom. The van der Waals surface area contributed by atoms with Crippen LogP contribution in [0.5, 0.6) is 0 Å². The number of ether oxygens (including phenoxy) is 3. The van der Waals surface area contributed by atoms with E-state index in [1.165, 1.54) is 0 Å². The Labute approximate surface area is 105 Å². The smallest absolute Gasteiger partial charge is 0.178 e. The first kappa shape index (κ1) is 11.9. The van der Waals surface area contributed by atoms with Crippen molar-refractivity contribution < 1.29 is 19.3 Å². The molecule has 0 aromatic heterocycles. The molecule has 0 aromatic rings. The van der Waals surface area contributed by atoms with E-state index < -0.39 is 12.1 Å². The predicted octanol–water partition coefficient (Wildman–Crippen LogP) is 0.757. The Morgan fingerprint density at radius 2 is 2.24 bits per heavy atom. The molecule has 1 N–H and O–H groups in total. The molecular weight excluding hydrogens is 242 g/mol. The second-order valence-electron chi connectivity index (χ2n) is 5.08. The van der Waals surface area contributed by atoms with Crippen molar-refractivity contribution in [1.82, 2.24) is 0 Å². The van der Waals surface area contributed by atoms with Crippen molar-refractivity contribution in [3.05, 3.63) is 0 Å². The van der Waals surface area contributed by atoms with Gasteiger partial charge in [0.1, 0.15) is 18.2 Å². The second kappa shape index (κ2) is 3.93. The maximum atomic E-state index is 9.84. The average molecular weight is 259 g/mol. The molecule has 0 bridgehead atoms. The van der Waals surface area contributed by atoms with Gasteiger partial charge in [-0.1, -0.05) is 0 Å². The van der Waals surface area contributed by atoms with E-state index >= 15 is 0 Å². The van der Waals surface area contributed by atoms with Gasteiger partial charge in [0, 0.05) is 0 Å². The van der Waals surface area contributed by atoms with Gasteiger partial charge in [0.25, 0.3) is 0 Å². The van der Waals surface area contributed by atoms with Gasteiger partial charge in [0.2, 0.25) is 0 Å². The molecule has 0 saturated carbocycles. The summed E-state index contributed by atoms with van der Waals surface area (Å²) in [6.07, 6.45) is -1.09. The quantitative estimate of drug-likeness (QED) is 0.753. The lowest BCUT2D eigenvalue weighted by Gasteiger charge is -2.23. The first-order valence-electron chi connectivity index (χ1n) is 5.83. The zero-order valence-electron chi connectivity index (χ0n) is 10.1. The molecule has 0 aromatic carbocycles. The summed E-state index contributed by atoms with van der Waals surface area (Å²) in [4.78, 5) is 4.40. The highest BCUT2D eigenvalue weighted by Crippen LogP contribution is 2.42.